The van der Waals surface area contributed by atoms with Crippen molar-refractivity contribution in [1.29, 1.82) is 5.26 Å². The Morgan fingerprint density at radius 2 is 2.00 bits per heavy atom. The maximum absolute atomic E-state index is 12.5. The zero-order chi connectivity index (χ0) is 23.1. The van der Waals surface area contributed by atoms with Crippen molar-refractivity contribution in [2.75, 3.05) is 45.8 Å². The second-order valence-electron chi connectivity index (χ2n) is 8.01. The average Bonchev–Trinajstić information content (AvgIpc) is 3.03. The van der Waals surface area contributed by atoms with E-state index in [-0.39, 0.29) is 12.5 Å². The minimum atomic E-state index is -0.730. The van der Waals surface area contributed by atoms with Crippen molar-refractivity contribution in [2.45, 2.75) is 24.7 Å². The molecule has 1 saturated heterocycles. The molecule has 0 bridgehead atoms. The minimum Gasteiger partial charge on any atom is -0.495 e. The Bertz CT molecular complexity index is 955. The first-order valence-corrected chi connectivity index (χ1v) is 10.6. The van der Waals surface area contributed by atoms with Crippen molar-refractivity contribution in [3.05, 3.63) is 48.0 Å². The summed E-state index contributed by atoms with van der Waals surface area (Å²) in [5, 5.41) is 24.8. The third kappa shape index (κ3) is 5.98. The van der Waals surface area contributed by atoms with Gasteiger partial charge >= 0.3 is 0 Å². The number of aliphatic hydroxyl groups is 1. The van der Waals surface area contributed by atoms with Crippen LogP contribution in [0.3, 0.4) is 0 Å². The SMILES string of the molecule is COc1ccc(-c2ccc(C[C@@H](C#N)NC(=O)C3CNC[C@H](O)CO3)cc2)cc1N(C)C. The number of nitrogens with one attached hydrogen (secondary N) is 2. The van der Waals surface area contributed by atoms with Crippen LogP contribution in [0.5, 0.6) is 5.75 Å². The van der Waals surface area contributed by atoms with Gasteiger partial charge in [0.05, 0.1) is 31.6 Å². The van der Waals surface area contributed by atoms with Crippen molar-refractivity contribution in [3.8, 4) is 22.9 Å². The molecule has 1 fully saturated rings. The van der Waals surface area contributed by atoms with E-state index in [1.165, 1.54) is 0 Å². The highest BCUT2D eigenvalue weighted by atomic mass is 16.5. The lowest BCUT2D eigenvalue weighted by Crippen LogP contribution is -2.46. The Kier molecular flexibility index (Phi) is 8.06. The van der Waals surface area contributed by atoms with Crippen molar-refractivity contribution in [1.82, 2.24) is 10.6 Å². The Labute approximate surface area is 188 Å². The second kappa shape index (κ2) is 11.0. The molecule has 1 amide bonds. The zero-order valence-corrected chi connectivity index (χ0v) is 18.7. The summed E-state index contributed by atoms with van der Waals surface area (Å²) in [6.07, 6.45) is -0.986. The van der Waals surface area contributed by atoms with Gasteiger partial charge in [0.25, 0.3) is 5.91 Å². The number of carbonyl (C=O) groups excluding carboxylic acids is 1. The van der Waals surface area contributed by atoms with Crippen molar-refractivity contribution in [3.63, 3.8) is 0 Å². The number of anilines is 1. The van der Waals surface area contributed by atoms with Gasteiger partial charge in [-0.15, -0.1) is 0 Å². The number of benzene rings is 2. The molecule has 32 heavy (non-hydrogen) atoms. The molecule has 170 valence electrons. The van der Waals surface area contributed by atoms with Gasteiger partial charge < -0.3 is 30.1 Å². The largest absolute Gasteiger partial charge is 0.495 e. The van der Waals surface area contributed by atoms with Crippen LogP contribution in [0.4, 0.5) is 5.69 Å². The maximum atomic E-state index is 12.5. The van der Waals surface area contributed by atoms with Gasteiger partial charge in [-0.2, -0.15) is 5.26 Å². The number of β-amino-alcohol motifs (C(OH)–C–C–N with tert-alkyl or cyclic N) is 1. The number of aliphatic hydroxyl groups excluding tert-OH is 1. The standard InChI is InChI=1S/C24H30N4O4/c1-28(2)21-11-18(8-9-22(21)31-3)17-6-4-16(5-7-17)10-19(12-25)27-24(30)23-14-26-13-20(29)15-32-23/h4-9,11,19-20,23,26,29H,10,13-15H2,1-3H3,(H,27,30)/t19-,20-,23?/m0/s1. The zero-order valence-electron chi connectivity index (χ0n) is 18.7. The lowest BCUT2D eigenvalue weighted by molar-refractivity contribution is -0.133. The summed E-state index contributed by atoms with van der Waals surface area (Å²) >= 11 is 0. The number of rotatable bonds is 7. The highest BCUT2D eigenvalue weighted by Crippen LogP contribution is 2.32. The van der Waals surface area contributed by atoms with E-state index in [0.29, 0.717) is 19.5 Å². The maximum Gasteiger partial charge on any atom is 0.251 e. The number of nitriles is 1. The number of hydrogen-bond acceptors (Lipinski definition) is 7. The predicted molar refractivity (Wildman–Crippen MR) is 123 cm³/mol. The van der Waals surface area contributed by atoms with Gasteiger partial charge in [-0.3, -0.25) is 4.79 Å². The summed E-state index contributed by atoms with van der Waals surface area (Å²) in [6.45, 7) is 0.763. The molecule has 2 aromatic carbocycles. The first-order valence-electron chi connectivity index (χ1n) is 10.6. The fourth-order valence-electron chi connectivity index (χ4n) is 3.58. The molecule has 0 saturated carbocycles. The number of hydrogen-bond donors (Lipinski definition) is 3. The quantitative estimate of drug-likeness (QED) is 0.599. The van der Waals surface area contributed by atoms with Crippen molar-refractivity contribution in [2.24, 2.45) is 0 Å². The van der Waals surface area contributed by atoms with Crippen LogP contribution >= 0.6 is 0 Å². The lowest BCUT2D eigenvalue weighted by atomic mass is 10.00. The minimum absolute atomic E-state index is 0.0880. The van der Waals surface area contributed by atoms with Gasteiger partial charge in [0.1, 0.15) is 17.9 Å². The van der Waals surface area contributed by atoms with Gasteiger partial charge in [0.2, 0.25) is 0 Å². The summed E-state index contributed by atoms with van der Waals surface area (Å²) in [4.78, 5) is 14.5. The monoisotopic (exact) mass is 438 g/mol. The lowest BCUT2D eigenvalue weighted by Gasteiger charge is -2.18. The van der Waals surface area contributed by atoms with E-state index in [0.717, 1.165) is 28.1 Å². The summed E-state index contributed by atoms with van der Waals surface area (Å²) in [6, 6.07) is 15.4. The highest BCUT2D eigenvalue weighted by molar-refractivity contribution is 5.81. The van der Waals surface area contributed by atoms with Gasteiger partial charge in [0.15, 0.2) is 0 Å². The second-order valence-corrected chi connectivity index (χ2v) is 8.01. The van der Waals surface area contributed by atoms with Crippen molar-refractivity contribution < 1.29 is 19.4 Å². The van der Waals surface area contributed by atoms with E-state index in [2.05, 4.69) is 22.8 Å². The molecule has 1 aliphatic heterocycles. The molecule has 1 unspecified atom stereocenters. The summed E-state index contributed by atoms with van der Waals surface area (Å²) in [5.74, 6) is 0.453. The first-order chi connectivity index (χ1) is 15.4. The first kappa shape index (κ1) is 23.5. The Morgan fingerprint density at radius 1 is 1.28 bits per heavy atom. The molecule has 8 heteroatoms. The molecule has 3 N–H and O–H groups in total. The van der Waals surface area contributed by atoms with Gasteiger partial charge in [-0.25, -0.2) is 0 Å². The predicted octanol–water partition coefficient (Wildman–Crippen LogP) is 1.33. The van der Waals surface area contributed by atoms with Crippen LogP contribution in [0.1, 0.15) is 5.56 Å². The van der Waals surface area contributed by atoms with Crippen LogP contribution in [-0.2, 0) is 16.0 Å². The van der Waals surface area contributed by atoms with E-state index >= 15 is 0 Å². The topological polar surface area (TPSA) is 107 Å². The van der Waals surface area contributed by atoms with Crippen LogP contribution in [0, 0.1) is 11.3 Å². The van der Waals surface area contributed by atoms with Crippen LogP contribution in [0.25, 0.3) is 11.1 Å². The number of nitrogens with zero attached hydrogens (tertiary/aromatic N) is 2. The normalized spacial score (nSPS) is 19.3. The van der Waals surface area contributed by atoms with Crippen LogP contribution in [-0.4, -0.2) is 70.2 Å². The summed E-state index contributed by atoms with van der Waals surface area (Å²) in [7, 11) is 5.60. The molecule has 3 atom stereocenters. The van der Waals surface area contributed by atoms with E-state index in [9.17, 15) is 15.2 Å². The third-order valence-electron chi connectivity index (χ3n) is 5.35. The van der Waals surface area contributed by atoms with E-state index < -0.39 is 18.2 Å². The molecule has 0 spiro atoms. The molecular formula is C24H30N4O4. The number of carbonyl (C=O) groups is 1. The molecule has 1 heterocycles. The van der Waals surface area contributed by atoms with E-state index in [1.807, 2.05) is 55.4 Å². The average molecular weight is 439 g/mol. The smallest absolute Gasteiger partial charge is 0.251 e. The van der Waals surface area contributed by atoms with Crippen LogP contribution < -0.4 is 20.3 Å². The van der Waals surface area contributed by atoms with Crippen LogP contribution in [0.2, 0.25) is 0 Å². The molecule has 1 aliphatic rings. The fraction of sp³-hybridized carbons (Fsp3) is 0.417. The molecule has 3 rings (SSSR count). The molecular weight excluding hydrogens is 408 g/mol. The molecule has 0 radical (unpaired) electrons. The third-order valence-corrected chi connectivity index (χ3v) is 5.35. The van der Waals surface area contributed by atoms with E-state index in [1.54, 1.807) is 7.11 Å². The Hall–Kier alpha value is -3.12. The number of amides is 1. The van der Waals surface area contributed by atoms with E-state index in [4.69, 9.17) is 9.47 Å². The molecule has 0 aliphatic carbocycles. The molecule has 0 aromatic heterocycles. The Morgan fingerprint density at radius 3 is 2.66 bits per heavy atom. The Balaban J connectivity index is 1.65. The van der Waals surface area contributed by atoms with Crippen LogP contribution in [0.15, 0.2) is 42.5 Å². The van der Waals surface area contributed by atoms with Gasteiger partial charge in [0, 0.05) is 33.6 Å². The number of ether oxygens (including phenoxy) is 2. The van der Waals surface area contributed by atoms with Gasteiger partial charge in [-0.05, 0) is 28.8 Å². The highest BCUT2D eigenvalue weighted by Gasteiger charge is 2.25. The molecule has 2 aromatic rings. The summed E-state index contributed by atoms with van der Waals surface area (Å²) < 4.78 is 10.9. The summed E-state index contributed by atoms with van der Waals surface area (Å²) in [5.41, 5.74) is 4.04. The number of methoxy groups -OCH3 is 1. The molecule has 8 nitrogen and oxygen atoms in total. The van der Waals surface area contributed by atoms with Crippen molar-refractivity contribution >= 4 is 11.6 Å². The fourth-order valence-corrected chi connectivity index (χ4v) is 3.58. The van der Waals surface area contributed by atoms with Gasteiger partial charge in [-0.1, -0.05) is 30.3 Å².